The second kappa shape index (κ2) is 5.76. The zero-order chi connectivity index (χ0) is 27.6. The highest BCUT2D eigenvalue weighted by Gasteiger charge is 2.47. The molecule has 0 spiro atoms. The molecule has 2 amide bonds. The van der Waals surface area contributed by atoms with Crippen molar-refractivity contribution < 1.29 is 31.4 Å². The highest BCUT2D eigenvalue weighted by atomic mass is 16.7. The Kier molecular flexibility index (Phi) is 1.95. The monoisotopic (exact) mass is 398 g/mol. The summed E-state index contributed by atoms with van der Waals surface area (Å²) in [5, 5.41) is 0.249. The SMILES string of the molecule is [2H]C1([2H])Oc2ccc([C@]3([2H])c4[nH]c5ccccc5c4C([2H])([2H])[C@]4([2H])C(=O)N(C([2H])([2H])[2H])CC(=O)N34)cc2O1. The number of para-hydroxylation sites is 1. The van der Waals surface area contributed by atoms with Crippen molar-refractivity contribution in [1.82, 2.24) is 14.8 Å². The van der Waals surface area contributed by atoms with Crippen LogP contribution in [0.1, 0.15) is 35.2 Å². The first kappa shape index (κ1) is 9.82. The van der Waals surface area contributed by atoms with E-state index in [9.17, 15) is 12.3 Å². The van der Waals surface area contributed by atoms with Gasteiger partial charge < -0.3 is 24.3 Å². The molecule has 1 fully saturated rings. The maximum Gasteiger partial charge on any atom is 0.245 e. The number of benzene rings is 2. The molecule has 0 radical (unpaired) electrons. The van der Waals surface area contributed by atoms with E-state index >= 15 is 0 Å². The maximum absolute atomic E-state index is 13.7. The molecule has 146 valence electrons. The number of H-pyrrole nitrogens is 1. The lowest BCUT2D eigenvalue weighted by Crippen LogP contribution is -2.62. The summed E-state index contributed by atoms with van der Waals surface area (Å²) in [6.07, 6.45) is -2.96. The van der Waals surface area contributed by atoms with Crippen molar-refractivity contribution in [3.63, 3.8) is 0 Å². The second-order valence-corrected chi connectivity index (χ2v) is 6.81. The van der Waals surface area contributed by atoms with Crippen LogP contribution in [-0.4, -0.2) is 52.9 Å². The molecule has 7 nitrogen and oxygen atoms in total. The molecule has 0 saturated carbocycles. The van der Waals surface area contributed by atoms with Crippen molar-refractivity contribution in [3.8, 4) is 11.5 Å². The molecule has 2 aromatic carbocycles. The fourth-order valence-electron chi connectivity index (χ4n) is 3.85. The fraction of sp³-hybridized carbons (Fsp3) is 0.273. The molecule has 3 aliphatic rings. The fourth-order valence-corrected chi connectivity index (χ4v) is 3.85. The Morgan fingerprint density at radius 1 is 1.21 bits per heavy atom. The van der Waals surface area contributed by atoms with Crippen molar-refractivity contribution >= 4 is 22.7 Å². The van der Waals surface area contributed by atoms with Gasteiger partial charge in [-0.2, -0.15) is 0 Å². The lowest BCUT2D eigenvalue weighted by Gasteiger charge is -2.46. The van der Waals surface area contributed by atoms with Gasteiger partial charge in [0.2, 0.25) is 18.6 Å². The van der Waals surface area contributed by atoms with Crippen LogP contribution in [0.4, 0.5) is 0 Å². The van der Waals surface area contributed by atoms with Crippen LogP contribution in [0.25, 0.3) is 10.9 Å². The van der Waals surface area contributed by atoms with Crippen LogP contribution in [-0.2, 0) is 16.0 Å². The number of amides is 2. The minimum atomic E-state index is -3.19. The standard InChI is InChI=1S/C22H19N3O4/c1-24-10-19(26)25-16(22(24)27)9-14-13-4-2-3-5-15(13)23-20(14)21(25)12-6-7-17-18(8-12)29-11-28-17/h2-8,16,21,23H,9-11H2,1H3/t16-,21-/m1/s1/i1D3,9D2,11D2,16D,21D. The van der Waals surface area contributed by atoms with Crippen LogP contribution in [0.5, 0.6) is 11.5 Å². The van der Waals surface area contributed by atoms with E-state index in [1.165, 1.54) is 24.3 Å². The van der Waals surface area contributed by atoms with Gasteiger partial charge in [-0.15, -0.1) is 0 Å². The number of likely N-dealkylation sites (N-methyl/N-ethyl adjacent to an activating group) is 1. The summed E-state index contributed by atoms with van der Waals surface area (Å²) in [6.45, 7) is -6.64. The topological polar surface area (TPSA) is 74.9 Å². The van der Waals surface area contributed by atoms with Gasteiger partial charge in [-0.05, 0) is 29.3 Å². The van der Waals surface area contributed by atoms with Gasteiger partial charge in [0.1, 0.15) is 8.76 Å². The van der Waals surface area contributed by atoms with Gasteiger partial charge in [0.15, 0.2) is 11.5 Å². The number of hydrogen-bond donors (Lipinski definition) is 1. The van der Waals surface area contributed by atoms with E-state index in [0.29, 0.717) is 10.4 Å². The number of rotatable bonds is 1. The van der Waals surface area contributed by atoms with E-state index in [4.69, 9.17) is 19.1 Å². The summed E-state index contributed by atoms with van der Waals surface area (Å²) in [5.74, 6) is -2.73. The number of carbonyl (C=O) groups is 2. The van der Waals surface area contributed by atoms with Crippen molar-refractivity contribution in [3.05, 3.63) is 59.3 Å². The third-order valence-corrected chi connectivity index (χ3v) is 5.14. The van der Waals surface area contributed by atoms with E-state index in [-0.39, 0.29) is 38.6 Å². The highest BCUT2D eigenvalue weighted by Crippen LogP contribution is 2.44. The van der Waals surface area contributed by atoms with Crippen molar-refractivity contribution in [2.75, 3.05) is 20.3 Å². The molecule has 3 aromatic rings. The number of aromatic amines is 1. The number of aromatic nitrogens is 1. The first-order valence-electron chi connectivity index (χ1n) is 13.3. The number of piperazine rings is 1. The third-order valence-electron chi connectivity index (χ3n) is 5.14. The Balaban J connectivity index is 1.69. The minimum Gasteiger partial charge on any atom is -0.454 e. The Labute approximate surface area is 179 Å². The van der Waals surface area contributed by atoms with E-state index < -0.39 is 50.5 Å². The maximum atomic E-state index is 13.7. The summed E-state index contributed by atoms with van der Waals surface area (Å²) in [4.78, 5) is 31.0. The highest BCUT2D eigenvalue weighted by molar-refractivity contribution is 5.97. The van der Waals surface area contributed by atoms with Crippen molar-refractivity contribution in [2.45, 2.75) is 18.4 Å². The Hall–Kier alpha value is -3.48. The van der Waals surface area contributed by atoms with Crippen molar-refractivity contribution in [1.29, 1.82) is 0 Å². The van der Waals surface area contributed by atoms with E-state index in [1.807, 2.05) is 0 Å². The molecule has 3 aliphatic heterocycles. The van der Waals surface area contributed by atoms with E-state index in [2.05, 4.69) is 4.98 Å². The van der Waals surface area contributed by atoms with Crippen LogP contribution in [0.3, 0.4) is 0 Å². The molecule has 1 N–H and O–H groups in total. The molecule has 6 rings (SSSR count). The van der Waals surface area contributed by atoms with Crippen LogP contribution < -0.4 is 9.47 Å². The number of ether oxygens (including phenoxy) is 2. The Morgan fingerprint density at radius 2 is 2.07 bits per heavy atom. The van der Waals surface area contributed by atoms with Gasteiger partial charge in [-0.1, -0.05) is 24.3 Å². The van der Waals surface area contributed by atoms with Gasteiger partial charge in [0.05, 0.1) is 15.3 Å². The van der Waals surface area contributed by atoms with Crippen LogP contribution in [0.2, 0.25) is 0 Å². The molecule has 4 heterocycles. The van der Waals surface area contributed by atoms with Crippen molar-refractivity contribution in [2.24, 2.45) is 0 Å². The number of fused-ring (bicyclic) bond motifs is 5. The van der Waals surface area contributed by atoms with Gasteiger partial charge in [-0.25, -0.2) is 0 Å². The largest absolute Gasteiger partial charge is 0.454 e. The molecular formula is C22H19N3O4. The predicted molar refractivity (Wildman–Crippen MR) is 105 cm³/mol. The number of nitrogens with one attached hydrogen (secondary N) is 1. The quantitative estimate of drug-likeness (QED) is 0.682. The van der Waals surface area contributed by atoms with Crippen LogP contribution in [0, 0.1) is 0 Å². The van der Waals surface area contributed by atoms with Gasteiger partial charge >= 0.3 is 0 Å². The Morgan fingerprint density at radius 3 is 2.97 bits per heavy atom. The first-order chi connectivity index (χ1) is 17.5. The number of nitrogens with zero attached hydrogens (tertiary/aromatic N) is 2. The average molecular weight is 398 g/mol. The summed E-state index contributed by atoms with van der Waals surface area (Å²) in [6, 6.07) is 4.59. The van der Waals surface area contributed by atoms with E-state index in [0.717, 1.165) is 0 Å². The normalized spacial score (nSPS) is 36.3. The molecule has 7 heteroatoms. The zero-order valence-corrected chi connectivity index (χ0v) is 14.8. The summed E-state index contributed by atoms with van der Waals surface area (Å²) in [5.41, 5.74) is -0.0834. The third kappa shape index (κ3) is 2.24. The second-order valence-electron chi connectivity index (χ2n) is 6.81. The molecular weight excluding hydrogens is 370 g/mol. The zero-order valence-electron chi connectivity index (χ0n) is 23.8. The lowest BCUT2D eigenvalue weighted by molar-refractivity contribution is -0.157. The van der Waals surface area contributed by atoms with Gasteiger partial charge in [0, 0.05) is 36.8 Å². The molecule has 1 saturated heterocycles. The van der Waals surface area contributed by atoms with E-state index in [1.54, 1.807) is 18.2 Å². The molecule has 0 aliphatic carbocycles. The summed E-state index contributed by atoms with van der Waals surface area (Å²) >= 11 is 0. The number of hydrogen-bond acceptors (Lipinski definition) is 4. The van der Waals surface area contributed by atoms with Crippen LogP contribution >= 0.6 is 0 Å². The lowest BCUT2D eigenvalue weighted by atomic mass is 9.86. The molecule has 0 unspecified atom stereocenters. The smallest absolute Gasteiger partial charge is 0.245 e. The molecule has 2 atom stereocenters. The average Bonchev–Trinajstić information content (AvgIpc) is 3.36. The summed E-state index contributed by atoms with van der Waals surface area (Å²) in [7, 11) is 0. The Bertz CT molecular complexity index is 1550. The molecule has 1 aromatic heterocycles. The molecule has 29 heavy (non-hydrogen) atoms. The minimum absolute atomic E-state index is 0.0112. The first-order valence-corrected chi connectivity index (χ1v) is 8.83. The molecule has 0 bridgehead atoms. The predicted octanol–water partition coefficient (Wildman–Crippen LogP) is 2.21. The summed E-state index contributed by atoms with van der Waals surface area (Å²) < 4.78 is 85.9. The van der Waals surface area contributed by atoms with Gasteiger partial charge in [-0.3, -0.25) is 9.59 Å². The van der Waals surface area contributed by atoms with Gasteiger partial charge in [0.25, 0.3) is 0 Å². The number of carbonyl (C=O) groups excluding carboxylic acids is 2. The van der Waals surface area contributed by atoms with Crippen LogP contribution in [0.15, 0.2) is 42.5 Å².